The molecule has 1 aromatic heterocycles. The molecule has 7 nitrogen and oxygen atoms in total. The average Bonchev–Trinajstić information content (AvgIpc) is 2.78. The Bertz CT molecular complexity index is 1180. The van der Waals surface area contributed by atoms with Gasteiger partial charge in [0.15, 0.2) is 0 Å². The fourth-order valence-electron chi connectivity index (χ4n) is 2.70. The minimum Gasteiger partial charge on any atom is -0.324 e. The van der Waals surface area contributed by atoms with Gasteiger partial charge in [-0.3, -0.25) is 4.79 Å². The predicted octanol–water partition coefficient (Wildman–Crippen LogP) is 5.10. The summed E-state index contributed by atoms with van der Waals surface area (Å²) in [6.07, 6.45) is 3.36. The lowest BCUT2D eigenvalue weighted by Crippen LogP contribution is -2.37. The maximum Gasteiger partial charge on any atom is 0.266 e. The molecule has 2 N–H and O–H groups in total. The van der Waals surface area contributed by atoms with Crippen molar-refractivity contribution >= 4 is 35.0 Å². The Kier molecular flexibility index (Phi) is 7.83. The van der Waals surface area contributed by atoms with Crippen LogP contribution in [0.2, 0.25) is 0 Å². The summed E-state index contributed by atoms with van der Waals surface area (Å²) >= 11 is 1.55. The van der Waals surface area contributed by atoms with Crippen molar-refractivity contribution in [2.24, 2.45) is 0 Å². The van der Waals surface area contributed by atoms with Gasteiger partial charge in [-0.05, 0) is 70.4 Å². The van der Waals surface area contributed by atoms with Gasteiger partial charge in [-0.15, -0.1) is 0 Å². The summed E-state index contributed by atoms with van der Waals surface area (Å²) in [6, 6.07) is 21.0. The van der Waals surface area contributed by atoms with Gasteiger partial charge in [0.05, 0.1) is 0 Å². The number of carbonyl (C=O) groups excluding carboxylic acids is 1. The van der Waals surface area contributed by atoms with Gasteiger partial charge in [0.1, 0.15) is 16.7 Å². The Morgan fingerprint density at radius 2 is 1.82 bits per heavy atom. The molecule has 3 rings (SSSR count). The first-order valence-electron chi connectivity index (χ1n) is 10.3. The van der Waals surface area contributed by atoms with Crippen LogP contribution in [0.3, 0.4) is 0 Å². The van der Waals surface area contributed by atoms with Crippen molar-refractivity contribution in [1.82, 2.24) is 14.9 Å². The van der Waals surface area contributed by atoms with Gasteiger partial charge >= 0.3 is 0 Å². The standard InChI is InChI=1S/C25H26N6OS/c1-25(2,31(3)4)16-18(17-26)23(32)28-19-9-8-10-20(15-19)29-24-27-14-13-22(30-24)33-21-11-6-5-7-12-21/h5-16H,1-4H3,(H,28,32)(H,27,29,30). The number of likely N-dealkylation sites (N-methyl/N-ethyl adjacent to an activating group) is 1. The third-order valence-electron chi connectivity index (χ3n) is 4.99. The zero-order valence-electron chi connectivity index (χ0n) is 19.0. The maximum atomic E-state index is 12.7. The van der Waals surface area contributed by atoms with E-state index in [1.54, 1.807) is 42.2 Å². The molecular formula is C25H26N6OS. The van der Waals surface area contributed by atoms with Crippen LogP contribution in [0.5, 0.6) is 0 Å². The Morgan fingerprint density at radius 3 is 2.52 bits per heavy atom. The highest BCUT2D eigenvalue weighted by Crippen LogP contribution is 2.27. The molecule has 2 aromatic carbocycles. The maximum absolute atomic E-state index is 12.7. The molecule has 1 amide bonds. The summed E-state index contributed by atoms with van der Waals surface area (Å²) < 4.78 is 0. The van der Waals surface area contributed by atoms with Crippen molar-refractivity contribution < 1.29 is 4.79 Å². The van der Waals surface area contributed by atoms with E-state index in [1.165, 1.54) is 0 Å². The van der Waals surface area contributed by atoms with Crippen LogP contribution < -0.4 is 10.6 Å². The van der Waals surface area contributed by atoms with E-state index in [9.17, 15) is 10.1 Å². The van der Waals surface area contributed by atoms with E-state index >= 15 is 0 Å². The molecule has 0 aliphatic carbocycles. The van der Waals surface area contributed by atoms with Crippen molar-refractivity contribution in [3.63, 3.8) is 0 Å². The molecular weight excluding hydrogens is 432 g/mol. The van der Waals surface area contributed by atoms with Crippen LogP contribution in [-0.4, -0.2) is 40.4 Å². The van der Waals surface area contributed by atoms with E-state index in [1.807, 2.05) is 81.4 Å². The first-order valence-corrected chi connectivity index (χ1v) is 11.1. The molecule has 0 aliphatic rings. The van der Waals surface area contributed by atoms with Crippen molar-refractivity contribution in [3.05, 3.63) is 78.5 Å². The second-order valence-corrected chi connectivity index (χ2v) is 9.11. The second kappa shape index (κ2) is 10.8. The molecule has 168 valence electrons. The molecule has 1 heterocycles. The third-order valence-corrected chi connectivity index (χ3v) is 5.93. The third kappa shape index (κ3) is 6.91. The number of nitrogens with zero attached hydrogens (tertiary/aromatic N) is 4. The summed E-state index contributed by atoms with van der Waals surface area (Å²) in [6.45, 7) is 3.87. The number of anilines is 3. The first-order chi connectivity index (χ1) is 15.8. The van der Waals surface area contributed by atoms with Crippen molar-refractivity contribution in [2.75, 3.05) is 24.7 Å². The Balaban J connectivity index is 1.71. The number of aromatic nitrogens is 2. The molecule has 0 atom stereocenters. The van der Waals surface area contributed by atoms with Gasteiger partial charge in [-0.2, -0.15) is 5.26 Å². The molecule has 33 heavy (non-hydrogen) atoms. The van der Waals surface area contributed by atoms with Crippen molar-refractivity contribution in [3.8, 4) is 6.07 Å². The van der Waals surface area contributed by atoms with E-state index < -0.39 is 11.4 Å². The van der Waals surface area contributed by atoms with Gasteiger partial charge in [0.25, 0.3) is 5.91 Å². The number of carbonyl (C=O) groups is 1. The summed E-state index contributed by atoms with van der Waals surface area (Å²) in [5.74, 6) is -0.00756. The van der Waals surface area contributed by atoms with Gasteiger partial charge < -0.3 is 15.5 Å². The lowest BCUT2D eigenvalue weighted by Gasteiger charge is -2.29. The van der Waals surface area contributed by atoms with Crippen LogP contribution in [0.25, 0.3) is 0 Å². The van der Waals surface area contributed by atoms with E-state index in [0.29, 0.717) is 17.3 Å². The summed E-state index contributed by atoms with van der Waals surface area (Å²) in [7, 11) is 3.79. The molecule has 0 saturated carbocycles. The number of nitriles is 1. The number of hydrogen-bond donors (Lipinski definition) is 2. The van der Waals surface area contributed by atoms with Crippen LogP contribution in [0, 0.1) is 11.3 Å². The number of hydrogen-bond acceptors (Lipinski definition) is 7. The van der Waals surface area contributed by atoms with Gasteiger partial charge in [-0.1, -0.05) is 36.0 Å². The highest BCUT2D eigenvalue weighted by molar-refractivity contribution is 7.99. The number of benzene rings is 2. The zero-order chi connectivity index (χ0) is 23.8. The molecule has 0 aliphatic heterocycles. The normalized spacial score (nSPS) is 11.7. The van der Waals surface area contributed by atoms with Crippen LogP contribution in [0.1, 0.15) is 13.8 Å². The zero-order valence-corrected chi connectivity index (χ0v) is 19.9. The Morgan fingerprint density at radius 1 is 1.09 bits per heavy atom. The molecule has 0 spiro atoms. The minimum atomic E-state index is -0.456. The molecule has 0 saturated heterocycles. The Labute approximate surface area is 198 Å². The van der Waals surface area contributed by atoms with Crippen LogP contribution in [-0.2, 0) is 4.79 Å². The fourth-order valence-corrected chi connectivity index (χ4v) is 3.50. The molecule has 0 fully saturated rings. The lowest BCUT2D eigenvalue weighted by atomic mass is 10.00. The number of rotatable bonds is 8. The molecule has 0 bridgehead atoms. The van der Waals surface area contributed by atoms with Gasteiger partial charge in [0.2, 0.25) is 5.95 Å². The SMILES string of the molecule is CN(C)C(C)(C)C=C(C#N)C(=O)Nc1cccc(Nc2nccc(Sc3ccccc3)n2)c1. The lowest BCUT2D eigenvalue weighted by molar-refractivity contribution is -0.112. The van der Waals surface area contributed by atoms with E-state index in [2.05, 4.69) is 20.6 Å². The largest absolute Gasteiger partial charge is 0.324 e. The van der Waals surface area contributed by atoms with Crippen LogP contribution in [0.4, 0.5) is 17.3 Å². The molecule has 0 radical (unpaired) electrons. The molecule has 8 heteroatoms. The predicted molar refractivity (Wildman–Crippen MR) is 132 cm³/mol. The van der Waals surface area contributed by atoms with E-state index in [0.717, 1.165) is 9.92 Å². The van der Waals surface area contributed by atoms with Gasteiger partial charge in [-0.25, -0.2) is 9.97 Å². The van der Waals surface area contributed by atoms with Crippen LogP contribution in [0.15, 0.2) is 88.4 Å². The number of amides is 1. The van der Waals surface area contributed by atoms with Gasteiger partial charge in [0, 0.05) is 28.0 Å². The first kappa shape index (κ1) is 24.0. The highest BCUT2D eigenvalue weighted by atomic mass is 32.2. The summed E-state index contributed by atoms with van der Waals surface area (Å²) in [4.78, 5) is 24.5. The fraction of sp³-hybridized carbons (Fsp3) is 0.200. The van der Waals surface area contributed by atoms with E-state index in [4.69, 9.17) is 0 Å². The second-order valence-electron chi connectivity index (χ2n) is 8.01. The van der Waals surface area contributed by atoms with E-state index in [-0.39, 0.29) is 5.57 Å². The summed E-state index contributed by atoms with van der Waals surface area (Å²) in [5.41, 5.74) is 0.891. The van der Waals surface area contributed by atoms with Crippen LogP contribution >= 0.6 is 11.8 Å². The smallest absolute Gasteiger partial charge is 0.266 e. The van der Waals surface area contributed by atoms with Crippen molar-refractivity contribution in [2.45, 2.75) is 29.3 Å². The molecule has 3 aromatic rings. The molecule has 0 unspecified atom stereocenters. The summed E-state index contributed by atoms with van der Waals surface area (Å²) in [5, 5.41) is 16.2. The minimum absolute atomic E-state index is 0.0565. The monoisotopic (exact) mass is 458 g/mol. The Hall–Kier alpha value is -3.67. The highest BCUT2D eigenvalue weighted by Gasteiger charge is 2.21. The van der Waals surface area contributed by atoms with Crippen molar-refractivity contribution in [1.29, 1.82) is 5.26 Å². The topological polar surface area (TPSA) is 93.9 Å². The quantitative estimate of drug-likeness (QED) is 0.275. The number of nitrogens with one attached hydrogen (secondary N) is 2. The average molecular weight is 459 g/mol.